The summed E-state index contributed by atoms with van der Waals surface area (Å²) in [7, 11) is 1.27. The third-order valence-electron chi connectivity index (χ3n) is 5.97. The van der Waals surface area contributed by atoms with Gasteiger partial charge in [0.05, 0.1) is 19.3 Å². The standard InChI is InChI=1S/C23H25NO7/c1-5-29-23(27)18-12(3)24-14-8-11(2)17(22(26)28-4)21(25)20(14)19(18)13-6-7-15-16(9-13)31-10-30-15/h6-7,9,11,17,19,24H,5,8,10H2,1-4H3/t11-,17-,19-/m0/s1. The maximum Gasteiger partial charge on any atom is 0.336 e. The van der Waals surface area contributed by atoms with E-state index in [1.54, 1.807) is 32.0 Å². The number of ketones is 1. The first kappa shape index (κ1) is 21.0. The third kappa shape index (κ3) is 3.45. The van der Waals surface area contributed by atoms with Crippen LogP contribution in [0.2, 0.25) is 0 Å². The summed E-state index contributed by atoms with van der Waals surface area (Å²) in [6.45, 7) is 5.67. The van der Waals surface area contributed by atoms with Crippen molar-refractivity contribution in [3.8, 4) is 11.5 Å². The number of rotatable bonds is 4. The number of benzene rings is 1. The number of fused-ring (bicyclic) bond motifs is 1. The van der Waals surface area contributed by atoms with Gasteiger partial charge in [-0.05, 0) is 43.9 Å². The molecule has 31 heavy (non-hydrogen) atoms. The number of dihydropyridines is 1. The van der Waals surface area contributed by atoms with Crippen LogP contribution in [0.25, 0.3) is 0 Å². The van der Waals surface area contributed by atoms with Gasteiger partial charge in [-0.25, -0.2) is 4.79 Å². The van der Waals surface area contributed by atoms with E-state index in [0.29, 0.717) is 46.0 Å². The number of methoxy groups -OCH3 is 1. The zero-order valence-electron chi connectivity index (χ0n) is 17.9. The maximum absolute atomic E-state index is 13.6. The zero-order valence-corrected chi connectivity index (χ0v) is 17.9. The average molecular weight is 427 g/mol. The van der Waals surface area contributed by atoms with Crippen LogP contribution in [-0.4, -0.2) is 38.2 Å². The summed E-state index contributed by atoms with van der Waals surface area (Å²) in [6, 6.07) is 5.33. The zero-order chi connectivity index (χ0) is 22.3. The molecule has 164 valence electrons. The van der Waals surface area contributed by atoms with Crippen molar-refractivity contribution < 1.29 is 33.3 Å². The van der Waals surface area contributed by atoms with Crippen molar-refractivity contribution in [3.63, 3.8) is 0 Å². The molecule has 0 aromatic heterocycles. The van der Waals surface area contributed by atoms with Gasteiger partial charge >= 0.3 is 11.9 Å². The summed E-state index contributed by atoms with van der Waals surface area (Å²) in [5, 5.41) is 3.23. The van der Waals surface area contributed by atoms with Crippen LogP contribution in [0.3, 0.4) is 0 Å². The molecule has 8 heteroatoms. The highest BCUT2D eigenvalue weighted by atomic mass is 16.7. The molecule has 1 aromatic carbocycles. The van der Waals surface area contributed by atoms with Crippen LogP contribution in [0.4, 0.5) is 0 Å². The number of ether oxygens (including phenoxy) is 4. The highest BCUT2D eigenvalue weighted by Crippen LogP contribution is 2.47. The fourth-order valence-electron chi connectivity index (χ4n) is 4.59. The Morgan fingerprint density at radius 3 is 2.68 bits per heavy atom. The van der Waals surface area contributed by atoms with E-state index < -0.39 is 23.8 Å². The summed E-state index contributed by atoms with van der Waals surface area (Å²) < 4.78 is 21.1. The van der Waals surface area contributed by atoms with Gasteiger partial charge in [-0.2, -0.15) is 0 Å². The molecule has 0 radical (unpaired) electrons. The smallest absolute Gasteiger partial charge is 0.336 e. The minimum absolute atomic E-state index is 0.111. The second kappa shape index (κ2) is 8.09. The molecule has 3 atom stereocenters. The van der Waals surface area contributed by atoms with Crippen LogP contribution in [0.5, 0.6) is 11.5 Å². The molecule has 0 spiro atoms. The van der Waals surface area contributed by atoms with Gasteiger partial charge in [0.1, 0.15) is 5.92 Å². The summed E-state index contributed by atoms with van der Waals surface area (Å²) >= 11 is 0. The number of allylic oxidation sites excluding steroid dienone is 3. The van der Waals surface area contributed by atoms with Crippen molar-refractivity contribution in [1.29, 1.82) is 0 Å². The summed E-state index contributed by atoms with van der Waals surface area (Å²) in [5.74, 6) is -2.15. The van der Waals surface area contributed by atoms with E-state index in [1.807, 2.05) is 6.92 Å². The second-order valence-corrected chi connectivity index (χ2v) is 7.87. The van der Waals surface area contributed by atoms with E-state index in [9.17, 15) is 14.4 Å². The Labute approximate surface area is 180 Å². The highest BCUT2D eigenvalue weighted by Gasteiger charge is 2.47. The van der Waals surface area contributed by atoms with Gasteiger partial charge in [-0.3, -0.25) is 9.59 Å². The van der Waals surface area contributed by atoms with Gasteiger partial charge in [0.15, 0.2) is 17.3 Å². The Morgan fingerprint density at radius 2 is 1.97 bits per heavy atom. The van der Waals surface area contributed by atoms with Gasteiger partial charge in [0.25, 0.3) is 0 Å². The third-order valence-corrected chi connectivity index (χ3v) is 5.97. The fourth-order valence-corrected chi connectivity index (χ4v) is 4.59. The van der Waals surface area contributed by atoms with Gasteiger partial charge in [-0.15, -0.1) is 0 Å². The average Bonchev–Trinajstić information content (AvgIpc) is 3.20. The van der Waals surface area contributed by atoms with Crippen molar-refractivity contribution in [2.75, 3.05) is 20.5 Å². The molecule has 0 saturated carbocycles. The van der Waals surface area contributed by atoms with Crippen molar-refractivity contribution in [2.24, 2.45) is 11.8 Å². The Bertz CT molecular complexity index is 1020. The van der Waals surface area contributed by atoms with Gasteiger partial charge in [0.2, 0.25) is 6.79 Å². The molecule has 1 aliphatic carbocycles. The molecule has 0 fully saturated rings. The second-order valence-electron chi connectivity index (χ2n) is 7.87. The summed E-state index contributed by atoms with van der Waals surface area (Å²) in [4.78, 5) is 38.9. The number of esters is 2. The van der Waals surface area contributed by atoms with Crippen LogP contribution in [0.15, 0.2) is 40.7 Å². The van der Waals surface area contributed by atoms with Gasteiger partial charge in [0, 0.05) is 22.9 Å². The molecule has 0 saturated heterocycles. The van der Waals surface area contributed by atoms with Crippen molar-refractivity contribution >= 4 is 17.7 Å². The van der Waals surface area contributed by atoms with E-state index in [0.717, 1.165) is 0 Å². The molecule has 1 aromatic rings. The highest BCUT2D eigenvalue weighted by molar-refractivity contribution is 6.12. The lowest BCUT2D eigenvalue weighted by atomic mass is 9.69. The fraction of sp³-hybridized carbons (Fsp3) is 0.435. The Balaban J connectivity index is 1.87. The van der Waals surface area contributed by atoms with Crippen LogP contribution >= 0.6 is 0 Å². The minimum Gasteiger partial charge on any atom is -0.468 e. The van der Waals surface area contributed by atoms with Crippen molar-refractivity contribution in [3.05, 3.63) is 46.3 Å². The SMILES string of the molecule is CCOC(=O)C1=C(C)NC2=C(C(=O)[C@@H](C(=O)OC)[C@@H](C)C2)[C@H]1c1ccc2c(c1)OCO2. The lowest BCUT2D eigenvalue weighted by Crippen LogP contribution is -2.43. The first-order valence-corrected chi connectivity index (χ1v) is 10.3. The van der Waals surface area contributed by atoms with Crippen LogP contribution < -0.4 is 14.8 Å². The van der Waals surface area contributed by atoms with E-state index in [-0.39, 0.29) is 25.1 Å². The van der Waals surface area contributed by atoms with Crippen LogP contribution in [0, 0.1) is 11.8 Å². The first-order valence-electron chi connectivity index (χ1n) is 10.3. The molecule has 2 heterocycles. The Kier molecular flexibility index (Phi) is 5.47. The van der Waals surface area contributed by atoms with Gasteiger partial charge in [-0.1, -0.05) is 13.0 Å². The number of carbonyl (C=O) groups excluding carboxylic acids is 3. The van der Waals surface area contributed by atoms with E-state index in [4.69, 9.17) is 18.9 Å². The number of carbonyl (C=O) groups is 3. The largest absolute Gasteiger partial charge is 0.468 e. The molecule has 0 unspecified atom stereocenters. The molecular formula is C23H25NO7. The summed E-state index contributed by atoms with van der Waals surface area (Å²) in [5.41, 5.74) is 2.75. The molecule has 8 nitrogen and oxygen atoms in total. The van der Waals surface area contributed by atoms with Crippen LogP contribution in [-0.2, 0) is 23.9 Å². The summed E-state index contributed by atoms with van der Waals surface area (Å²) in [6.07, 6.45) is 0.481. The molecular weight excluding hydrogens is 402 g/mol. The van der Waals surface area contributed by atoms with E-state index in [1.165, 1.54) is 7.11 Å². The minimum atomic E-state index is -0.927. The number of Topliss-reactive ketones (excluding diaryl/α,β-unsaturated/α-hetero) is 1. The predicted octanol–water partition coefficient (Wildman–Crippen LogP) is 2.59. The Hall–Kier alpha value is -3.29. The van der Waals surface area contributed by atoms with Crippen LogP contribution in [0.1, 0.15) is 38.7 Å². The monoisotopic (exact) mass is 427 g/mol. The van der Waals surface area contributed by atoms with Crippen molar-refractivity contribution in [1.82, 2.24) is 5.32 Å². The molecule has 0 bridgehead atoms. The van der Waals surface area contributed by atoms with E-state index >= 15 is 0 Å². The number of hydrogen-bond acceptors (Lipinski definition) is 8. The quantitative estimate of drug-likeness (QED) is 0.578. The van der Waals surface area contributed by atoms with Gasteiger partial charge < -0.3 is 24.3 Å². The van der Waals surface area contributed by atoms with Crippen molar-refractivity contribution in [2.45, 2.75) is 33.1 Å². The lowest BCUT2D eigenvalue weighted by Gasteiger charge is -2.38. The first-order chi connectivity index (χ1) is 14.9. The molecule has 2 aliphatic heterocycles. The molecule has 0 amide bonds. The molecule has 1 N–H and O–H groups in total. The topological polar surface area (TPSA) is 100 Å². The Morgan fingerprint density at radius 1 is 1.23 bits per heavy atom. The van der Waals surface area contributed by atoms with E-state index in [2.05, 4.69) is 5.32 Å². The number of nitrogens with one attached hydrogen (secondary N) is 1. The normalized spacial score (nSPS) is 24.5. The maximum atomic E-state index is 13.6. The molecule has 4 rings (SSSR count). The molecule has 3 aliphatic rings. The predicted molar refractivity (Wildman–Crippen MR) is 109 cm³/mol. The lowest BCUT2D eigenvalue weighted by molar-refractivity contribution is -0.151. The number of hydrogen-bond donors (Lipinski definition) is 1.